The Balaban J connectivity index is 2.17. The second-order valence-electron chi connectivity index (χ2n) is 4.18. The predicted octanol–water partition coefficient (Wildman–Crippen LogP) is 1.88. The Morgan fingerprint density at radius 2 is 2.05 bits per heavy atom. The predicted molar refractivity (Wildman–Crippen MR) is 72.6 cm³/mol. The van der Waals surface area contributed by atoms with Crippen LogP contribution in [0.3, 0.4) is 0 Å². The van der Waals surface area contributed by atoms with Gasteiger partial charge in [-0.2, -0.15) is 0 Å². The van der Waals surface area contributed by atoms with Crippen molar-refractivity contribution in [3.05, 3.63) is 57.5 Å². The van der Waals surface area contributed by atoms with Crippen molar-refractivity contribution in [2.45, 2.75) is 0 Å². The largest absolute Gasteiger partial charge is 0.375 e. The van der Waals surface area contributed by atoms with Gasteiger partial charge in [-0.1, -0.05) is 18.7 Å². The van der Waals surface area contributed by atoms with Crippen molar-refractivity contribution >= 4 is 21.2 Å². The van der Waals surface area contributed by atoms with E-state index in [1.807, 2.05) is 0 Å². The fraction of sp³-hybridized carbons (Fsp3) is 0.167. The van der Waals surface area contributed by atoms with Crippen LogP contribution < -0.4 is 5.32 Å². The Bertz CT molecular complexity index is 677. The molecule has 7 heteroatoms. The molecule has 2 rings (SSSR count). The molecule has 0 amide bonds. The Hall–Kier alpha value is -2.15. The Morgan fingerprint density at radius 1 is 1.37 bits per heavy atom. The SMILES string of the molecule is C=C1CS(=O)(=O)C=C1CNc1ccccc1[N+](=O)[O-]. The molecule has 100 valence electrons. The lowest BCUT2D eigenvalue weighted by Crippen LogP contribution is -2.07. The summed E-state index contributed by atoms with van der Waals surface area (Å²) in [4.78, 5) is 10.3. The van der Waals surface area contributed by atoms with Crippen molar-refractivity contribution in [2.24, 2.45) is 0 Å². The molecule has 19 heavy (non-hydrogen) atoms. The quantitative estimate of drug-likeness (QED) is 0.671. The molecule has 0 unspecified atom stereocenters. The molecule has 0 spiro atoms. The summed E-state index contributed by atoms with van der Waals surface area (Å²) in [6.07, 6.45) is 0. The van der Waals surface area contributed by atoms with Crippen molar-refractivity contribution in [2.75, 3.05) is 17.6 Å². The van der Waals surface area contributed by atoms with E-state index < -0.39 is 14.8 Å². The first-order chi connectivity index (χ1) is 8.89. The second kappa shape index (κ2) is 4.85. The van der Waals surface area contributed by atoms with Crippen molar-refractivity contribution in [1.82, 2.24) is 0 Å². The van der Waals surface area contributed by atoms with Gasteiger partial charge in [-0.15, -0.1) is 0 Å². The molecular weight excluding hydrogens is 268 g/mol. The lowest BCUT2D eigenvalue weighted by molar-refractivity contribution is -0.383. The van der Waals surface area contributed by atoms with Gasteiger partial charge in [0.15, 0.2) is 9.84 Å². The molecule has 6 nitrogen and oxygen atoms in total. The third kappa shape index (κ3) is 3.00. The zero-order valence-corrected chi connectivity index (χ0v) is 10.8. The summed E-state index contributed by atoms with van der Waals surface area (Å²) >= 11 is 0. The standard InChI is InChI=1S/C12H12N2O4S/c1-9-7-19(17,18)8-10(9)6-13-11-4-2-3-5-12(11)14(15)16/h2-5,8,13H,1,6-7H2. The summed E-state index contributed by atoms with van der Waals surface area (Å²) in [5.74, 6) is -0.0824. The molecule has 0 atom stereocenters. The van der Waals surface area contributed by atoms with Gasteiger partial charge in [-0.25, -0.2) is 8.42 Å². The Morgan fingerprint density at radius 3 is 2.63 bits per heavy atom. The van der Waals surface area contributed by atoms with Crippen molar-refractivity contribution in [3.63, 3.8) is 0 Å². The molecule has 0 aliphatic carbocycles. The highest BCUT2D eigenvalue weighted by Crippen LogP contribution is 2.26. The highest BCUT2D eigenvalue weighted by molar-refractivity contribution is 7.94. The van der Waals surface area contributed by atoms with Crippen molar-refractivity contribution < 1.29 is 13.3 Å². The van der Waals surface area contributed by atoms with Gasteiger partial charge in [0.1, 0.15) is 5.69 Å². The van der Waals surface area contributed by atoms with Gasteiger partial charge in [0.2, 0.25) is 0 Å². The minimum Gasteiger partial charge on any atom is -0.375 e. The maximum atomic E-state index is 11.4. The average molecular weight is 280 g/mol. The van der Waals surface area contributed by atoms with Crippen LogP contribution in [0.25, 0.3) is 0 Å². The fourth-order valence-electron chi connectivity index (χ4n) is 1.82. The van der Waals surface area contributed by atoms with Crippen LogP contribution in [0.4, 0.5) is 11.4 Å². The van der Waals surface area contributed by atoms with Gasteiger partial charge in [-0.05, 0) is 17.2 Å². The number of sulfone groups is 1. The summed E-state index contributed by atoms with van der Waals surface area (Å²) in [7, 11) is -3.21. The van der Waals surface area contributed by atoms with Crippen LogP contribution in [0, 0.1) is 10.1 Å². The molecule has 1 aliphatic rings. The zero-order valence-electron chi connectivity index (χ0n) is 10.00. The van der Waals surface area contributed by atoms with Gasteiger partial charge in [0, 0.05) is 18.0 Å². The topological polar surface area (TPSA) is 89.3 Å². The number of anilines is 1. The number of nitro benzene ring substituents is 1. The second-order valence-corrected chi connectivity index (χ2v) is 6.03. The maximum absolute atomic E-state index is 11.4. The fourth-order valence-corrected chi connectivity index (χ4v) is 3.25. The van der Waals surface area contributed by atoms with Gasteiger partial charge in [0.05, 0.1) is 10.7 Å². The van der Waals surface area contributed by atoms with Gasteiger partial charge in [0.25, 0.3) is 5.69 Å². The van der Waals surface area contributed by atoms with Gasteiger partial charge in [-0.3, -0.25) is 10.1 Å². The molecule has 0 saturated carbocycles. The maximum Gasteiger partial charge on any atom is 0.292 e. The minimum atomic E-state index is -3.21. The van der Waals surface area contributed by atoms with Crippen LogP contribution >= 0.6 is 0 Å². The van der Waals surface area contributed by atoms with E-state index in [2.05, 4.69) is 11.9 Å². The van der Waals surface area contributed by atoms with E-state index >= 15 is 0 Å². The van der Waals surface area contributed by atoms with Crippen molar-refractivity contribution in [1.29, 1.82) is 0 Å². The number of nitrogens with zero attached hydrogens (tertiary/aromatic N) is 1. The number of benzene rings is 1. The van der Waals surface area contributed by atoms with Crippen LogP contribution in [0.1, 0.15) is 0 Å². The number of nitrogens with one attached hydrogen (secondary N) is 1. The van der Waals surface area contributed by atoms with E-state index in [1.54, 1.807) is 18.2 Å². The molecule has 0 bridgehead atoms. The van der Waals surface area contributed by atoms with Gasteiger partial charge >= 0.3 is 0 Å². The Labute approximate surface area is 110 Å². The van der Waals surface area contributed by atoms with Crippen LogP contribution in [0.2, 0.25) is 0 Å². The average Bonchev–Trinajstić information content (AvgIpc) is 2.60. The first-order valence-electron chi connectivity index (χ1n) is 5.48. The van der Waals surface area contributed by atoms with E-state index in [9.17, 15) is 18.5 Å². The first-order valence-corrected chi connectivity index (χ1v) is 7.19. The van der Waals surface area contributed by atoms with Gasteiger partial charge < -0.3 is 5.32 Å². The summed E-state index contributed by atoms with van der Waals surface area (Å²) in [6.45, 7) is 3.88. The highest BCUT2D eigenvalue weighted by atomic mass is 32.2. The third-order valence-electron chi connectivity index (χ3n) is 2.72. The van der Waals surface area contributed by atoms with Crippen LogP contribution in [-0.4, -0.2) is 25.6 Å². The molecule has 1 aromatic carbocycles. The van der Waals surface area contributed by atoms with Crippen LogP contribution in [0.15, 0.2) is 47.4 Å². The Kier molecular flexibility index (Phi) is 3.39. The van der Waals surface area contributed by atoms with Crippen LogP contribution in [0.5, 0.6) is 0 Å². The smallest absolute Gasteiger partial charge is 0.292 e. The first kappa shape index (κ1) is 13.3. The lowest BCUT2D eigenvalue weighted by Gasteiger charge is -2.07. The molecule has 1 heterocycles. The number of nitro groups is 1. The zero-order chi connectivity index (χ0) is 14.0. The normalized spacial score (nSPS) is 17.1. The molecule has 1 aliphatic heterocycles. The number of hydrogen-bond acceptors (Lipinski definition) is 5. The summed E-state index contributed by atoms with van der Waals surface area (Å²) in [6, 6.07) is 6.20. The summed E-state index contributed by atoms with van der Waals surface area (Å²) in [5.41, 5.74) is 1.38. The van der Waals surface area contributed by atoms with E-state index in [1.165, 1.54) is 6.07 Å². The summed E-state index contributed by atoms with van der Waals surface area (Å²) in [5, 5.41) is 14.9. The van der Waals surface area contributed by atoms with E-state index in [0.29, 0.717) is 16.8 Å². The molecule has 0 aromatic heterocycles. The van der Waals surface area contributed by atoms with E-state index in [4.69, 9.17) is 0 Å². The molecule has 0 fully saturated rings. The molecule has 1 aromatic rings. The molecule has 1 N–H and O–H groups in total. The molecule has 0 saturated heterocycles. The minimum absolute atomic E-state index is 0.0467. The summed E-state index contributed by atoms with van der Waals surface area (Å²) < 4.78 is 22.7. The van der Waals surface area contributed by atoms with E-state index in [0.717, 1.165) is 5.41 Å². The van der Waals surface area contributed by atoms with E-state index in [-0.39, 0.29) is 18.0 Å². The highest BCUT2D eigenvalue weighted by Gasteiger charge is 2.22. The number of rotatable bonds is 4. The monoisotopic (exact) mass is 280 g/mol. The molecule has 0 radical (unpaired) electrons. The third-order valence-corrected chi connectivity index (χ3v) is 4.12. The number of para-hydroxylation sites is 2. The van der Waals surface area contributed by atoms with Crippen LogP contribution in [-0.2, 0) is 9.84 Å². The molecular formula is C12H12N2O4S. The van der Waals surface area contributed by atoms with Crippen molar-refractivity contribution in [3.8, 4) is 0 Å². The lowest BCUT2D eigenvalue weighted by atomic mass is 10.1. The number of hydrogen-bond donors (Lipinski definition) is 1.